The van der Waals surface area contributed by atoms with Crippen molar-refractivity contribution in [2.75, 3.05) is 19.6 Å². The minimum absolute atomic E-state index is 0.0702. The summed E-state index contributed by atoms with van der Waals surface area (Å²) in [6, 6.07) is 3.99. The van der Waals surface area contributed by atoms with Crippen molar-refractivity contribution in [1.29, 1.82) is 0 Å². The molecule has 2 heterocycles. The monoisotopic (exact) mass is 295 g/mol. The van der Waals surface area contributed by atoms with Gasteiger partial charge in [0.15, 0.2) is 0 Å². The predicted molar refractivity (Wildman–Crippen MR) is 83.8 cm³/mol. The first-order chi connectivity index (χ1) is 9.68. The molecule has 1 fully saturated rings. The van der Waals surface area contributed by atoms with Crippen LogP contribution in [0.5, 0.6) is 0 Å². The van der Waals surface area contributed by atoms with Crippen LogP contribution in [-0.4, -0.2) is 36.5 Å². The summed E-state index contributed by atoms with van der Waals surface area (Å²) in [4.78, 5) is 15.4. The van der Waals surface area contributed by atoms with E-state index in [0.717, 1.165) is 17.8 Å². The van der Waals surface area contributed by atoms with E-state index in [1.54, 1.807) is 0 Å². The summed E-state index contributed by atoms with van der Waals surface area (Å²) < 4.78 is 0. The number of rotatable bonds is 6. The van der Waals surface area contributed by atoms with Gasteiger partial charge in [-0.2, -0.15) is 0 Å². The van der Waals surface area contributed by atoms with Gasteiger partial charge in [0.2, 0.25) is 5.91 Å². The molecule has 0 saturated carbocycles. The zero-order valence-electron chi connectivity index (χ0n) is 12.2. The van der Waals surface area contributed by atoms with Gasteiger partial charge in [0.1, 0.15) is 6.04 Å². The first kappa shape index (κ1) is 15.5. The fraction of sp³-hybridized carbons (Fsp3) is 0.667. The van der Waals surface area contributed by atoms with E-state index in [1.165, 1.54) is 37.1 Å². The number of nitrogens with two attached hydrogens (primary N) is 1. The van der Waals surface area contributed by atoms with E-state index in [-0.39, 0.29) is 5.91 Å². The molecule has 0 radical (unpaired) electrons. The molecule has 1 aliphatic heterocycles. The Labute approximate surface area is 125 Å². The van der Waals surface area contributed by atoms with Crippen LogP contribution in [0.2, 0.25) is 0 Å². The van der Waals surface area contributed by atoms with Crippen LogP contribution in [0.3, 0.4) is 0 Å². The van der Waals surface area contributed by atoms with Crippen LogP contribution < -0.4 is 11.1 Å². The van der Waals surface area contributed by atoms with E-state index in [9.17, 15) is 4.79 Å². The number of carbonyl (C=O) groups excluding carboxylic acids is 1. The fourth-order valence-corrected chi connectivity index (χ4v) is 3.42. The average Bonchev–Trinajstić information content (AvgIpc) is 2.98. The van der Waals surface area contributed by atoms with Crippen LogP contribution >= 0.6 is 11.3 Å². The smallest absolute Gasteiger partial charge is 0.242 e. The van der Waals surface area contributed by atoms with Gasteiger partial charge in [-0.3, -0.25) is 4.79 Å². The summed E-state index contributed by atoms with van der Waals surface area (Å²) in [5.41, 5.74) is 5.92. The van der Waals surface area contributed by atoms with Gasteiger partial charge in [-0.1, -0.05) is 12.5 Å². The molecule has 1 aliphatic rings. The first-order valence-corrected chi connectivity index (χ1v) is 8.37. The minimum atomic E-state index is -0.524. The van der Waals surface area contributed by atoms with Crippen molar-refractivity contribution in [3.63, 3.8) is 0 Å². The Hall–Kier alpha value is -0.910. The molecule has 1 aromatic heterocycles. The molecule has 20 heavy (non-hydrogen) atoms. The Morgan fingerprint density at radius 1 is 1.60 bits per heavy atom. The maximum atomic E-state index is 11.9. The van der Waals surface area contributed by atoms with Crippen molar-refractivity contribution < 1.29 is 4.79 Å². The van der Waals surface area contributed by atoms with Crippen LogP contribution in [0.25, 0.3) is 0 Å². The molecule has 0 aliphatic carbocycles. The topological polar surface area (TPSA) is 58.4 Å². The molecule has 2 rings (SSSR count). The fourth-order valence-electron chi connectivity index (χ4n) is 2.69. The third-order valence-electron chi connectivity index (χ3n) is 3.99. The molecule has 0 bridgehead atoms. The third-order valence-corrected chi connectivity index (χ3v) is 4.95. The SMILES string of the molecule is CC1CCCCN1CCCNC(=O)C(N)c1cccs1. The van der Waals surface area contributed by atoms with Crippen molar-refractivity contribution in [2.24, 2.45) is 5.73 Å². The van der Waals surface area contributed by atoms with Gasteiger partial charge >= 0.3 is 0 Å². The van der Waals surface area contributed by atoms with Gasteiger partial charge in [-0.25, -0.2) is 0 Å². The number of amides is 1. The van der Waals surface area contributed by atoms with Crippen LogP contribution in [0.1, 0.15) is 43.5 Å². The summed E-state index contributed by atoms with van der Waals surface area (Å²) in [6.07, 6.45) is 4.95. The summed E-state index contributed by atoms with van der Waals surface area (Å²) in [5, 5.41) is 4.89. The van der Waals surface area contributed by atoms with Gasteiger partial charge in [0.05, 0.1) is 0 Å². The summed E-state index contributed by atoms with van der Waals surface area (Å²) in [7, 11) is 0. The molecule has 3 N–H and O–H groups in total. The number of hydrogen-bond acceptors (Lipinski definition) is 4. The lowest BCUT2D eigenvalue weighted by Crippen LogP contribution is -2.40. The molecule has 2 atom stereocenters. The van der Waals surface area contributed by atoms with Gasteiger partial charge in [-0.15, -0.1) is 11.3 Å². The number of likely N-dealkylation sites (tertiary alicyclic amines) is 1. The molecule has 0 aromatic carbocycles. The predicted octanol–water partition coefficient (Wildman–Crippen LogP) is 2.13. The highest BCUT2D eigenvalue weighted by Crippen LogP contribution is 2.17. The number of nitrogens with one attached hydrogen (secondary N) is 1. The molecule has 1 amide bonds. The second-order valence-corrected chi connectivity index (χ2v) is 6.50. The van der Waals surface area contributed by atoms with Gasteiger partial charge in [-0.05, 0) is 44.2 Å². The Morgan fingerprint density at radius 2 is 2.45 bits per heavy atom. The highest BCUT2D eigenvalue weighted by Gasteiger charge is 2.18. The van der Waals surface area contributed by atoms with E-state index >= 15 is 0 Å². The molecular weight excluding hydrogens is 270 g/mol. The summed E-state index contributed by atoms with van der Waals surface area (Å²) >= 11 is 1.53. The highest BCUT2D eigenvalue weighted by atomic mass is 32.1. The van der Waals surface area contributed by atoms with E-state index < -0.39 is 6.04 Å². The van der Waals surface area contributed by atoms with Crippen LogP contribution in [0.15, 0.2) is 17.5 Å². The lowest BCUT2D eigenvalue weighted by Gasteiger charge is -2.33. The lowest BCUT2D eigenvalue weighted by molar-refractivity contribution is -0.122. The molecule has 112 valence electrons. The van der Waals surface area contributed by atoms with Crippen molar-refractivity contribution in [2.45, 2.75) is 44.7 Å². The molecule has 4 nitrogen and oxygen atoms in total. The van der Waals surface area contributed by atoms with Crippen LogP contribution in [0, 0.1) is 0 Å². The van der Waals surface area contributed by atoms with E-state index in [2.05, 4.69) is 17.1 Å². The van der Waals surface area contributed by atoms with E-state index in [0.29, 0.717) is 12.6 Å². The standard InChI is InChI=1S/C15H25N3OS/c1-12-6-2-3-9-18(12)10-5-8-17-15(19)14(16)13-7-4-11-20-13/h4,7,11-12,14H,2-3,5-6,8-10,16H2,1H3,(H,17,19). The Kier molecular flexibility index (Phi) is 6.01. The van der Waals surface area contributed by atoms with E-state index in [4.69, 9.17) is 5.73 Å². The Bertz CT molecular complexity index is 407. The second-order valence-electron chi connectivity index (χ2n) is 5.52. The molecule has 5 heteroatoms. The number of carbonyl (C=O) groups is 1. The van der Waals surface area contributed by atoms with Gasteiger partial charge in [0.25, 0.3) is 0 Å². The average molecular weight is 295 g/mol. The zero-order valence-corrected chi connectivity index (χ0v) is 13.0. The van der Waals surface area contributed by atoms with Crippen LogP contribution in [-0.2, 0) is 4.79 Å². The lowest BCUT2D eigenvalue weighted by atomic mass is 10.0. The summed E-state index contributed by atoms with van der Waals surface area (Å²) in [6.45, 7) is 5.27. The van der Waals surface area contributed by atoms with Crippen molar-refractivity contribution in [3.8, 4) is 0 Å². The van der Waals surface area contributed by atoms with Crippen molar-refractivity contribution in [3.05, 3.63) is 22.4 Å². The third kappa shape index (κ3) is 4.30. The van der Waals surface area contributed by atoms with Crippen molar-refractivity contribution in [1.82, 2.24) is 10.2 Å². The number of thiophene rings is 1. The number of piperidine rings is 1. The normalized spacial score (nSPS) is 21.6. The second kappa shape index (κ2) is 7.76. The van der Waals surface area contributed by atoms with Crippen molar-refractivity contribution >= 4 is 17.2 Å². The molecule has 1 saturated heterocycles. The quantitative estimate of drug-likeness (QED) is 0.790. The Balaban J connectivity index is 1.64. The minimum Gasteiger partial charge on any atom is -0.354 e. The van der Waals surface area contributed by atoms with Gasteiger partial charge < -0.3 is 16.0 Å². The van der Waals surface area contributed by atoms with Gasteiger partial charge in [0, 0.05) is 24.0 Å². The number of hydrogen-bond donors (Lipinski definition) is 2. The maximum Gasteiger partial charge on any atom is 0.242 e. The Morgan fingerprint density at radius 3 is 3.15 bits per heavy atom. The zero-order chi connectivity index (χ0) is 14.4. The van der Waals surface area contributed by atoms with E-state index in [1.807, 2.05) is 17.5 Å². The largest absolute Gasteiger partial charge is 0.354 e. The number of nitrogens with zero attached hydrogens (tertiary/aromatic N) is 1. The molecule has 2 unspecified atom stereocenters. The maximum absolute atomic E-state index is 11.9. The molecule has 0 spiro atoms. The highest BCUT2D eigenvalue weighted by molar-refractivity contribution is 7.10. The molecule has 1 aromatic rings. The van der Waals surface area contributed by atoms with Crippen LogP contribution in [0.4, 0.5) is 0 Å². The first-order valence-electron chi connectivity index (χ1n) is 7.49. The molecular formula is C15H25N3OS. The summed E-state index contributed by atoms with van der Waals surface area (Å²) in [5.74, 6) is -0.0702.